The molecule has 2 aromatic heterocycles. The summed E-state index contributed by atoms with van der Waals surface area (Å²) < 4.78 is 36.4. The molecular weight excluding hydrogens is 830 g/mol. The van der Waals surface area contributed by atoms with E-state index in [1.165, 1.54) is 0 Å². The van der Waals surface area contributed by atoms with Gasteiger partial charge in [0.15, 0.2) is 0 Å². The zero-order valence-corrected chi connectivity index (χ0v) is 32.4. The van der Waals surface area contributed by atoms with E-state index in [-0.39, 0.29) is 62.0 Å². The smallest absolute Gasteiger partial charge is 0.148 e. The number of phenols is 1. The molecule has 1 N–H and O–H groups in total. The van der Waals surface area contributed by atoms with Crippen LogP contribution in [0.5, 0.6) is 5.75 Å². The van der Waals surface area contributed by atoms with Gasteiger partial charge in [-0.3, -0.25) is 9.55 Å². The van der Waals surface area contributed by atoms with Gasteiger partial charge in [0.2, 0.25) is 0 Å². The third-order valence-corrected chi connectivity index (χ3v) is 9.41. The number of fused-ring (bicyclic) bond motifs is 1. The van der Waals surface area contributed by atoms with Crippen LogP contribution in [0.4, 0.5) is 0 Å². The first-order chi connectivity index (χ1) is 26.8. The Hall–Kier alpha value is -5.57. The van der Waals surface area contributed by atoms with Gasteiger partial charge in [-0.05, 0) is 72.4 Å². The van der Waals surface area contributed by atoms with E-state index in [0.717, 1.165) is 55.7 Å². The summed E-state index contributed by atoms with van der Waals surface area (Å²) >= 11 is 0. The SMILES string of the molecule is [2H]c1c([2H])c(-c2ccnc(-c3[c-]c(-c4cccc5c4nc(-c4ccccc4O)n5-c4ccc(C)cc4-c4ccccc4)cc(C(C)(C)C)c3)c2)c([2H])c([2H])c1C.[Pt]. The summed E-state index contributed by atoms with van der Waals surface area (Å²) in [5, 5.41) is 11.2. The average molecular weight is 874 g/mol. The molecule has 0 amide bonds. The van der Waals surface area contributed by atoms with Gasteiger partial charge in [-0.1, -0.05) is 134 Å². The first-order valence-electron chi connectivity index (χ1n) is 19.4. The molecule has 4 nitrogen and oxygen atoms in total. The third kappa shape index (κ3) is 7.00. The summed E-state index contributed by atoms with van der Waals surface area (Å²) in [7, 11) is 0. The average Bonchev–Trinajstić information content (AvgIpc) is 3.59. The van der Waals surface area contributed by atoms with Crippen LogP contribution in [0.2, 0.25) is 0 Å². The van der Waals surface area contributed by atoms with E-state index < -0.39 is 0 Å². The van der Waals surface area contributed by atoms with Crippen molar-refractivity contribution in [2.75, 3.05) is 0 Å². The van der Waals surface area contributed by atoms with Gasteiger partial charge in [-0.2, -0.15) is 0 Å². The van der Waals surface area contributed by atoms with Crippen LogP contribution in [0.15, 0.2) is 146 Å². The molecule has 2 heterocycles. The molecule has 264 valence electrons. The number of rotatable bonds is 6. The standard InChI is InChI=1S/C48H40N3O.Pt/c1-31-18-21-33(22-19-31)35-24-25-49-42(30-35)37-27-36(28-38(29-37)48(3,4)5)39-15-11-16-44-46(39)50-47(40-14-9-10-17-45(40)52)51(44)43-23-20-32(2)26-41(43)34-12-7-6-8-13-34;/h6-26,28-30,52H,1-5H3;/q-1;/i18D,19D,21D,22D;. The Kier molecular flexibility index (Phi) is 8.45. The molecule has 0 bridgehead atoms. The molecule has 8 aromatic rings. The molecule has 53 heavy (non-hydrogen) atoms. The molecule has 0 spiro atoms. The Balaban J connectivity index is 0.00000496. The van der Waals surface area contributed by atoms with Crippen LogP contribution in [0.1, 0.15) is 42.9 Å². The minimum Gasteiger partial charge on any atom is -0.507 e. The topological polar surface area (TPSA) is 50.9 Å². The second-order valence-electron chi connectivity index (χ2n) is 14.2. The molecule has 0 radical (unpaired) electrons. The summed E-state index contributed by atoms with van der Waals surface area (Å²) in [5.74, 6) is 0.731. The summed E-state index contributed by atoms with van der Waals surface area (Å²) in [4.78, 5) is 10.1. The van der Waals surface area contributed by atoms with Gasteiger partial charge in [-0.15, -0.1) is 29.3 Å². The van der Waals surface area contributed by atoms with Crippen molar-refractivity contribution in [3.8, 4) is 67.5 Å². The Morgan fingerprint density at radius 1 is 0.660 bits per heavy atom. The van der Waals surface area contributed by atoms with E-state index in [1.54, 1.807) is 25.3 Å². The zero-order chi connectivity index (χ0) is 39.5. The monoisotopic (exact) mass is 873 g/mol. The van der Waals surface area contributed by atoms with Gasteiger partial charge in [0, 0.05) is 38.5 Å². The summed E-state index contributed by atoms with van der Waals surface area (Å²) in [5.41, 5.74) is 11.2. The van der Waals surface area contributed by atoms with Crippen LogP contribution in [-0.2, 0) is 26.5 Å². The number of aromatic nitrogens is 3. The second-order valence-corrected chi connectivity index (χ2v) is 14.2. The van der Waals surface area contributed by atoms with E-state index in [0.29, 0.717) is 28.2 Å². The van der Waals surface area contributed by atoms with Crippen molar-refractivity contribution in [3.05, 3.63) is 168 Å². The molecule has 0 aliphatic carbocycles. The van der Waals surface area contributed by atoms with Crippen molar-refractivity contribution in [1.29, 1.82) is 0 Å². The molecule has 5 heteroatoms. The van der Waals surface area contributed by atoms with Crippen LogP contribution < -0.4 is 0 Å². The Morgan fingerprint density at radius 3 is 2.13 bits per heavy atom. The van der Waals surface area contributed by atoms with Crippen LogP contribution in [0.25, 0.3) is 72.7 Å². The molecule has 0 aliphatic heterocycles. The van der Waals surface area contributed by atoms with Gasteiger partial charge in [0.05, 0.1) is 27.8 Å². The Bertz CT molecular complexity index is 2800. The zero-order valence-electron chi connectivity index (χ0n) is 34.2. The number of imidazole rings is 1. The maximum atomic E-state index is 11.2. The largest absolute Gasteiger partial charge is 0.507 e. The second kappa shape index (κ2) is 14.5. The van der Waals surface area contributed by atoms with Crippen LogP contribution in [0, 0.1) is 19.9 Å². The molecule has 0 atom stereocenters. The molecular formula is C48H40N3OPt-. The van der Waals surface area contributed by atoms with E-state index in [4.69, 9.17) is 15.5 Å². The van der Waals surface area contributed by atoms with Gasteiger partial charge in [0.25, 0.3) is 0 Å². The minimum absolute atomic E-state index is 0. The fraction of sp³-hybridized carbons (Fsp3) is 0.125. The predicted molar refractivity (Wildman–Crippen MR) is 215 cm³/mol. The predicted octanol–water partition coefficient (Wildman–Crippen LogP) is 12.2. The Morgan fingerprint density at radius 2 is 1.38 bits per heavy atom. The fourth-order valence-corrected chi connectivity index (χ4v) is 6.64. The molecule has 0 saturated carbocycles. The van der Waals surface area contributed by atoms with E-state index in [2.05, 4.69) is 86.9 Å². The summed E-state index contributed by atoms with van der Waals surface area (Å²) in [6, 6.07) is 41.2. The first kappa shape index (κ1) is 31.0. The number of hydrogen-bond donors (Lipinski definition) is 1. The van der Waals surface area contributed by atoms with E-state index in [1.807, 2.05) is 54.6 Å². The minimum atomic E-state index is -0.253. The molecule has 0 unspecified atom stereocenters. The number of hydrogen-bond acceptors (Lipinski definition) is 3. The number of benzene rings is 6. The number of aryl methyl sites for hydroxylation is 1. The maximum absolute atomic E-state index is 11.2. The van der Waals surface area contributed by atoms with E-state index >= 15 is 0 Å². The third-order valence-electron chi connectivity index (χ3n) is 9.41. The molecule has 0 aliphatic rings. The summed E-state index contributed by atoms with van der Waals surface area (Å²) in [6.45, 7) is 10.2. The number of phenolic OH excluding ortho intramolecular Hbond substituents is 1. The fourth-order valence-electron chi connectivity index (χ4n) is 6.64. The number of nitrogens with zero attached hydrogens (tertiary/aromatic N) is 3. The molecule has 0 fully saturated rings. The van der Waals surface area contributed by atoms with Crippen molar-refractivity contribution in [2.24, 2.45) is 0 Å². The van der Waals surface area contributed by atoms with Gasteiger partial charge < -0.3 is 5.11 Å². The van der Waals surface area contributed by atoms with Crippen molar-refractivity contribution in [3.63, 3.8) is 0 Å². The number of para-hydroxylation sites is 2. The molecule has 0 saturated heterocycles. The Labute approximate surface area is 331 Å². The van der Waals surface area contributed by atoms with Crippen LogP contribution in [-0.4, -0.2) is 19.6 Å². The van der Waals surface area contributed by atoms with Crippen LogP contribution in [0.3, 0.4) is 0 Å². The van der Waals surface area contributed by atoms with Crippen molar-refractivity contribution >= 4 is 11.0 Å². The van der Waals surface area contributed by atoms with Gasteiger partial charge in [0.1, 0.15) is 11.6 Å². The van der Waals surface area contributed by atoms with E-state index in [9.17, 15) is 5.11 Å². The maximum Gasteiger partial charge on any atom is 0.148 e. The number of pyridine rings is 1. The van der Waals surface area contributed by atoms with Gasteiger partial charge >= 0.3 is 0 Å². The number of aromatic hydroxyl groups is 1. The van der Waals surface area contributed by atoms with Crippen molar-refractivity contribution < 1.29 is 31.7 Å². The molecule has 8 rings (SSSR count). The quantitative estimate of drug-likeness (QED) is 0.169. The van der Waals surface area contributed by atoms with Crippen molar-refractivity contribution in [2.45, 2.75) is 40.0 Å². The van der Waals surface area contributed by atoms with Crippen LogP contribution >= 0.6 is 0 Å². The summed E-state index contributed by atoms with van der Waals surface area (Å²) in [6.07, 6.45) is 1.64. The first-order valence-corrected chi connectivity index (χ1v) is 17.4. The van der Waals surface area contributed by atoms with Gasteiger partial charge in [-0.25, -0.2) is 4.98 Å². The molecule has 6 aromatic carbocycles. The normalized spacial score (nSPS) is 12.5. The van der Waals surface area contributed by atoms with Crippen molar-refractivity contribution in [1.82, 2.24) is 14.5 Å².